The van der Waals surface area contributed by atoms with Crippen molar-refractivity contribution in [3.63, 3.8) is 0 Å². The van der Waals surface area contributed by atoms with Gasteiger partial charge < -0.3 is 15.2 Å². The first-order valence-electron chi connectivity index (χ1n) is 4.95. The summed E-state index contributed by atoms with van der Waals surface area (Å²) < 4.78 is 4.53. The lowest BCUT2D eigenvalue weighted by molar-refractivity contribution is 0.0593. The molecule has 0 saturated carbocycles. The fourth-order valence-corrected chi connectivity index (χ4v) is 1.16. The van der Waals surface area contributed by atoms with Crippen LogP contribution < -0.4 is 5.32 Å². The molecular weight excluding hydrogens is 210 g/mol. The van der Waals surface area contributed by atoms with Gasteiger partial charge in [0, 0.05) is 12.6 Å². The van der Waals surface area contributed by atoms with Crippen LogP contribution in [0.25, 0.3) is 0 Å². The number of aliphatic hydroxyl groups is 1. The predicted octanol–water partition coefficient (Wildman–Crippen LogP) is 0.446. The van der Waals surface area contributed by atoms with Crippen LogP contribution in [0.3, 0.4) is 0 Å². The third kappa shape index (κ3) is 3.47. The normalized spacial score (nSPS) is 11.9. The summed E-state index contributed by atoms with van der Waals surface area (Å²) in [4.78, 5) is 19.1. The van der Waals surface area contributed by atoms with Crippen molar-refractivity contribution >= 4 is 11.8 Å². The van der Waals surface area contributed by atoms with Crippen molar-refractivity contribution in [3.8, 4) is 0 Å². The lowest BCUT2D eigenvalue weighted by atomic mass is 10.2. The molecule has 0 fully saturated rings. The Balaban J connectivity index is 2.70. The molecule has 0 radical (unpaired) electrons. The van der Waals surface area contributed by atoms with Crippen molar-refractivity contribution in [2.45, 2.75) is 19.4 Å². The minimum absolute atomic E-state index is 0.0622. The molecule has 1 atom stereocenters. The van der Waals surface area contributed by atoms with E-state index in [1.807, 2.05) is 6.92 Å². The molecule has 16 heavy (non-hydrogen) atoms. The Hall–Kier alpha value is -1.69. The van der Waals surface area contributed by atoms with Gasteiger partial charge in [-0.3, -0.25) is 4.98 Å². The van der Waals surface area contributed by atoms with Crippen LogP contribution in [-0.2, 0) is 4.74 Å². The highest BCUT2D eigenvalue weighted by Gasteiger charge is 2.09. The molecule has 0 aliphatic rings. The molecule has 1 unspecified atom stereocenters. The first kappa shape index (κ1) is 12.4. The SMILES string of the molecule is COC(=O)c1cncc(NC(C)CCO)n1. The summed E-state index contributed by atoms with van der Waals surface area (Å²) >= 11 is 0. The average Bonchev–Trinajstić information content (AvgIpc) is 2.28. The second-order valence-corrected chi connectivity index (χ2v) is 3.34. The molecule has 1 aromatic heterocycles. The number of nitrogens with one attached hydrogen (secondary N) is 1. The van der Waals surface area contributed by atoms with E-state index >= 15 is 0 Å². The molecule has 6 heteroatoms. The van der Waals surface area contributed by atoms with E-state index < -0.39 is 5.97 Å². The van der Waals surface area contributed by atoms with Crippen molar-refractivity contribution in [3.05, 3.63) is 18.1 Å². The number of aromatic nitrogens is 2. The van der Waals surface area contributed by atoms with E-state index in [1.54, 1.807) is 0 Å². The highest BCUT2D eigenvalue weighted by Crippen LogP contribution is 2.06. The van der Waals surface area contributed by atoms with Crippen LogP contribution in [0.2, 0.25) is 0 Å². The predicted molar refractivity (Wildman–Crippen MR) is 58.2 cm³/mol. The van der Waals surface area contributed by atoms with E-state index in [2.05, 4.69) is 20.0 Å². The average molecular weight is 225 g/mol. The number of nitrogens with zero attached hydrogens (tertiary/aromatic N) is 2. The number of carbonyl (C=O) groups is 1. The van der Waals surface area contributed by atoms with Crippen molar-refractivity contribution in [1.82, 2.24) is 9.97 Å². The zero-order valence-electron chi connectivity index (χ0n) is 9.30. The Bertz CT molecular complexity index is 357. The highest BCUT2D eigenvalue weighted by molar-refractivity contribution is 5.87. The molecule has 0 spiro atoms. The minimum Gasteiger partial charge on any atom is -0.464 e. The highest BCUT2D eigenvalue weighted by atomic mass is 16.5. The number of methoxy groups -OCH3 is 1. The molecule has 1 rings (SSSR count). The fraction of sp³-hybridized carbons (Fsp3) is 0.500. The molecule has 88 valence electrons. The zero-order chi connectivity index (χ0) is 12.0. The quantitative estimate of drug-likeness (QED) is 0.708. The lowest BCUT2D eigenvalue weighted by Crippen LogP contribution is -2.18. The smallest absolute Gasteiger partial charge is 0.358 e. The summed E-state index contributed by atoms with van der Waals surface area (Å²) in [6.07, 6.45) is 3.46. The maximum absolute atomic E-state index is 11.2. The van der Waals surface area contributed by atoms with Gasteiger partial charge >= 0.3 is 5.97 Å². The molecule has 0 aliphatic heterocycles. The summed E-state index contributed by atoms with van der Waals surface area (Å²) in [5.74, 6) is -0.0326. The van der Waals surface area contributed by atoms with Gasteiger partial charge in [-0.25, -0.2) is 9.78 Å². The fourth-order valence-electron chi connectivity index (χ4n) is 1.16. The maximum atomic E-state index is 11.2. The van der Waals surface area contributed by atoms with E-state index in [-0.39, 0.29) is 18.3 Å². The Morgan fingerprint density at radius 3 is 3.00 bits per heavy atom. The summed E-state index contributed by atoms with van der Waals surface area (Å²) in [7, 11) is 1.29. The second kappa shape index (κ2) is 6.02. The monoisotopic (exact) mass is 225 g/mol. The minimum atomic E-state index is -0.522. The lowest BCUT2D eigenvalue weighted by Gasteiger charge is -2.12. The Kier molecular flexibility index (Phi) is 4.65. The molecule has 0 bridgehead atoms. The molecule has 1 heterocycles. The zero-order valence-corrected chi connectivity index (χ0v) is 9.30. The third-order valence-corrected chi connectivity index (χ3v) is 1.99. The van der Waals surface area contributed by atoms with E-state index in [4.69, 9.17) is 5.11 Å². The maximum Gasteiger partial charge on any atom is 0.358 e. The molecule has 0 aliphatic carbocycles. The van der Waals surface area contributed by atoms with Gasteiger partial charge in [0.2, 0.25) is 0 Å². The molecule has 0 amide bonds. The Labute approximate surface area is 93.7 Å². The summed E-state index contributed by atoms with van der Waals surface area (Å²) in [6.45, 7) is 2.00. The van der Waals surface area contributed by atoms with Crippen molar-refractivity contribution < 1.29 is 14.6 Å². The van der Waals surface area contributed by atoms with Crippen molar-refractivity contribution in [2.24, 2.45) is 0 Å². The standard InChI is InChI=1S/C10H15N3O3/c1-7(3-4-14)12-9-6-11-5-8(13-9)10(15)16-2/h5-7,14H,3-4H2,1-2H3,(H,12,13). The van der Waals surface area contributed by atoms with Gasteiger partial charge in [0.05, 0.1) is 19.5 Å². The number of esters is 1. The number of anilines is 1. The van der Waals surface area contributed by atoms with Gasteiger partial charge in [0.25, 0.3) is 0 Å². The van der Waals surface area contributed by atoms with Gasteiger partial charge in [-0.1, -0.05) is 0 Å². The molecule has 0 saturated heterocycles. The van der Waals surface area contributed by atoms with Crippen LogP contribution in [-0.4, -0.2) is 40.8 Å². The van der Waals surface area contributed by atoms with Crippen LogP contribution in [0.15, 0.2) is 12.4 Å². The molecular formula is C10H15N3O3. The van der Waals surface area contributed by atoms with Gasteiger partial charge in [0.15, 0.2) is 5.69 Å². The number of ether oxygens (including phenoxy) is 1. The Morgan fingerprint density at radius 2 is 2.38 bits per heavy atom. The van der Waals surface area contributed by atoms with Gasteiger partial charge in [-0.2, -0.15) is 0 Å². The van der Waals surface area contributed by atoms with E-state index in [9.17, 15) is 4.79 Å². The number of rotatable bonds is 5. The summed E-state index contributed by atoms with van der Waals surface area (Å²) in [5.41, 5.74) is 0.156. The number of hydrogen-bond acceptors (Lipinski definition) is 6. The first-order valence-corrected chi connectivity index (χ1v) is 4.95. The van der Waals surface area contributed by atoms with Crippen LogP contribution in [0, 0.1) is 0 Å². The van der Waals surface area contributed by atoms with E-state index in [0.717, 1.165) is 0 Å². The van der Waals surface area contributed by atoms with Crippen molar-refractivity contribution in [1.29, 1.82) is 0 Å². The second-order valence-electron chi connectivity index (χ2n) is 3.34. The topological polar surface area (TPSA) is 84.3 Å². The van der Waals surface area contributed by atoms with Gasteiger partial charge in [0.1, 0.15) is 5.82 Å². The molecule has 0 aromatic carbocycles. The molecule has 1 aromatic rings. The number of aliphatic hydroxyl groups excluding tert-OH is 1. The van der Waals surface area contributed by atoms with Crippen LogP contribution in [0.1, 0.15) is 23.8 Å². The van der Waals surface area contributed by atoms with E-state index in [0.29, 0.717) is 12.2 Å². The number of hydrogen-bond donors (Lipinski definition) is 2. The van der Waals surface area contributed by atoms with Gasteiger partial charge in [-0.05, 0) is 13.3 Å². The van der Waals surface area contributed by atoms with Crippen LogP contribution in [0.5, 0.6) is 0 Å². The third-order valence-electron chi connectivity index (χ3n) is 1.99. The number of carbonyl (C=O) groups excluding carboxylic acids is 1. The largest absolute Gasteiger partial charge is 0.464 e. The molecule has 6 nitrogen and oxygen atoms in total. The van der Waals surface area contributed by atoms with Crippen molar-refractivity contribution in [2.75, 3.05) is 19.0 Å². The summed E-state index contributed by atoms with van der Waals surface area (Å²) in [5, 5.41) is 11.8. The Morgan fingerprint density at radius 1 is 1.62 bits per heavy atom. The van der Waals surface area contributed by atoms with Gasteiger partial charge in [-0.15, -0.1) is 0 Å². The summed E-state index contributed by atoms with van der Waals surface area (Å²) in [6, 6.07) is 0.0622. The first-order chi connectivity index (χ1) is 7.67. The van der Waals surface area contributed by atoms with Crippen LogP contribution in [0.4, 0.5) is 5.82 Å². The van der Waals surface area contributed by atoms with Crippen LogP contribution >= 0.6 is 0 Å². The van der Waals surface area contributed by atoms with E-state index in [1.165, 1.54) is 19.5 Å². The molecule has 2 N–H and O–H groups in total.